The van der Waals surface area contributed by atoms with Gasteiger partial charge >= 0.3 is 0 Å². The van der Waals surface area contributed by atoms with Crippen LogP contribution in [0, 0.1) is 0 Å². The quantitative estimate of drug-likeness (QED) is 0.805. The van der Waals surface area contributed by atoms with Crippen LogP contribution in [0.3, 0.4) is 0 Å². The van der Waals surface area contributed by atoms with E-state index < -0.39 is 0 Å². The van der Waals surface area contributed by atoms with E-state index in [4.69, 9.17) is 4.98 Å². The molecule has 0 unspecified atom stereocenters. The molecule has 0 amide bonds. The minimum atomic E-state index is 0.799. The zero-order chi connectivity index (χ0) is 13.4. The van der Waals surface area contributed by atoms with Gasteiger partial charge in [-0.3, -0.25) is 0 Å². The van der Waals surface area contributed by atoms with Crippen LogP contribution in [0.4, 0.5) is 0 Å². The van der Waals surface area contributed by atoms with E-state index in [9.17, 15) is 0 Å². The van der Waals surface area contributed by atoms with E-state index >= 15 is 0 Å². The molecule has 0 atom stereocenters. The monoisotopic (exact) mass is 308 g/mol. The molecule has 3 fully saturated rings. The third-order valence-electron chi connectivity index (χ3n) is 4.61. The second-order valence-electron chi connectivity index (χ2n) is 6.56. The number of thiazole rings is 1. The zero-order valence-electron chi connectivity index (χ0n) is 12.1. The minimum absolute atomic E-state index is 0.799. The van der Waals surface area contributed by atoms with Crippen molar-refractivity contribution in [1.82, 2.24) is 10.3 Å². The lowest BCUT2D eigenvalue weighted by Gasteiger charge is -2.05. The number of nitrogens with one attached hydrogen (secondary N) is 1. The molecule has 0 spiro atoms. The molecule has 0 aromatic carbocycles. The first kappa shape index (κ1) is 13.6. The number of nitrogens with zero attached hydrogens (tertiary/aromatic N) is 1. The molecule has 0 radical (unpaired) electrons. The van der Waals surface area contributed by atoms with E-state index in [1.807, 2.05) is 11.3 Å². The molecule has 20 heavy (non-hydrogen) atoms. The number of aromatic nitrogens is 1. The van der Waals surface area contributed by atoms with Gasteiger partial charge in [0.05, 0.1) is 5.69 Å². The van der Waals surface area contributed by atoms with Crippen molar-refractivity contribution in [3.05, 3.63) is 15.6 Å². The Morgan fingerprint density at radius 1 is 1.10 bits per heavy atom. The second kappa shape index (κ2) is 5.98. The first-order chi connectivity index (χ1) is 9.88. The van der Waals surface area contributed by atoms with Crippen molar-refractivity contribution in [2.45, 2.75) is 80.9 Å². The predicted octanol–water partition coefficient (Wildman–Crippen LogP) is 4.45. The van der Waals surface area contributed by atoms with Gasteiger partial charge in [0.1, 0.15) is 5.01 Å². The van der Waals surface area contributed by atoms with E-state index in [0.29, 0.717) is 0 Å². The van der Waals surface area contributed by atoms with Crippen LogP contribution in [0.5, 0.6) is 0 Å². The topological polar surface area (TPSA) is 24.9 Å². The molecule has 3 aliphatic carbocycles. The fraction of sp³-hybridized carbons (Fsp3) is 0.812. The van der Waals surface area contributed by atoms with Crippen molar-refractivity contribution in [3.8, 4) is 0 Å². The Balaban J connectivity index is 1.38. The van der Waals surface area contributed by atoms with Gasteiger partial charge in [-0.15, -0.1) is 11.3 Å². The van der Waals surface area contributed by atoms with Gasteiger partial charge in [0, 0.05) is 34.4 Å². The standard InChI is InChI=1S/C16H24N2S2/c1-2-4-13(3-1)19-10-15-18-16(11-5-6-11)14(20-15)9-17-12-7-8-12/h11-13,17H,1-10H2. The van der Waals surface area contributed by atoms with Gasteiger partial charge < -0.3 is 5.32 Å². The van der Waals surface area contributed by atoms with Gasteiger partial charge in [-0.2, -0.15) is 11.8 Å². The van der Waals surface area contributed by atoms with Crippen LogP contribution >= 0.6 is 23.1 Å². The number of rotatable bonds is 7. The lowest BCUT2D eigenvalue weighted by atomic mass is 10.2. The predicted molar refractivity (Wildman–Crippen MR) is 87.5 cm³/mol. The summed E-state index contributed by atoms with van der Waals surface area (Å²) >= 11 is 4.14. The van der Waals surface area contributed by atoms with Crippen LogP contribution in [0.25, 0.3) is 0 Å². The highest BCUT2D eigenvalue weighted by atomic mass is 32.2. The molecule has 4 heteroatoms. The third kappa shape index (κ3) is 3.40. The molecule has 1 heterocycles. The van der Waals surface area contributed by atoms with Crippen LogP contribution in [0.15, 0.2) is 0 Å². The summed E-state index contributed by atoms with van der Waals surface area (Å²) in [5.41, 5.74) is 1.45. The Bertz CT molecular complexity index is 457. The van der Waals surface area contributed by atoms with Crippen molar-refractivity contribution < 1.29 is 0 Å². The van der Waals surface area contributed by atoms with Crippen molar-refractivity contribution >= 4 is 23.1 Å². The van der Waals surface area contributed by atoms with E-state index in [2.05, 4.69) is 17.1 Å². The van der Waals surface area contributed by atoms with Gasteiger partial charge in [0.25, 0.3) is 0 Å². The first-order valence-corrected chi connectivity index (χ1v) is 10.1. The largest absolute Gasteiger partial charge is 0.309 e. The fourth-order valence-corrected chi connectivity index (χ4v) is 5.50. The van der Waals surface area contributed by atoms with Crippen LogP contribution in [0.1, 0.15) is 72.9 Å². The molecular weight excluding hydrogens is 284 g/mol. The Hall–Kier alpha value is -0.0600. The summed E-state index contributed by atoms with van der Waals surface area (Å²) < 4.78 is 0. The smallest absolute Gasteiger partial charge is 0.103 e. The molecule has 3 aliphatic rings. The fourth-order valence-electron chi connectivity index (χ4n) is 3.05. The van der Waals surface area contributed by atoms with E-state index in [-0.39, 0.29) is 0 Å². The SMILES string of the molecule is C1CCC(SCc2nc(C3CC3)c(CNC3CC3)s2)C1. The highest BCUT2D eigenvalue weighted by molar-refractivity contribution is 7.99. The number of hydrogen-bond donors (Lipinski definition) is 1. The summed E-state index contributed by atoms with van der Waals surface area (Å²) in [4.78, 5) is 6.53. The molecule has 0 aliphatic heterocycles. The maximum atomic E-state index is 4.99. The normalized spacial score (nSPS) is 23.6. The van der Waals surface area contributed by atoms with Crippen molar-refractivity contribution in [1.29, 1.82) is 0 Å². The van der Waals surface area contributed by atoms with Crippen molar-refractivity contribution in [3.63, 3.8) is 0 Å². The lowest BCUT2D eigenvalue weighted by Crippen LogP contribution is -2.15. The maximum absolute atomic E-state index is 4.99. The average molecular weight is 309 g/mol. The zero-order valence-corrected chi connectivity index (χ0v) is 13.7. The van der Waals surface area contributed by atoms with Crippen molar-refractivity contribution in [2.24, 2.45) is 0 Å². The van der Waals surface area contributed by atoms with Gasteiger partial charge in [0.15, 0.2) is 0 Å². The molecule has 0 bridgehead atoms. The number of thioether (sulfide) groups is 1. The first-order valence-electron chi connectivity index (χ1n) is 8.22. The van der Waals surface area contributed by atoms with Gasteiger partial charge in [-0.05, 0) is 38.5 Å². The van der Waals surface area contributed by atoms with Crippen LogP contribution in [-0.2, 0) is 12.3 Å². The molecule has 3 saturated carbocycles. The summed E-state index contributed by atoms with van der Waals surface area (Å²) in [5, 5.41) is 5.97. The van der Waals surface area contributed by atoms with Crippen LogP contribution in [0.2, 0.25) is 0 Å². The van der Waals surface area contributed by atoms with Gasteiger partial charge in [-0.1, -0.05) is 12.8 Å². The highest BCUT2D eigenvalue weighted by Gasteiger charge is 2.30. The summed E-state index contributed by atoms with van der Waals surface area (Å²) in [7, 11) is 0. The van der Waals surface area contributed by atoms with Gasteiger partial charge in [0.2, 0.25) is 0 Å². The molecule has 1 aromatic rings. The second-order valence-corrected chi connectivity index (χ2v) is 9.02. The highest BCUT2D eigenvalue weighted by Crippen LogP contribution is 2.43. The molecule has 1 aromatic heterocycles. The summed E-state index contributed by atoms with van der Waals surface area (Å²) in [5.74, 6) is 1.95. The molecule has 110 valence electrons. The molecular formula is C16H24N2S2. The maximum Gasteiger partial charge on any atom is 0.103 e. The van der Waals surface area contributed by atoms with Crippen molar-refractivity contribution in [2.75, 3.05) is 0 Å². The Labute approximate surface area is 130 Å². The lowest BCUT2D eigenvalue weighted by molar-refractivity contribution is 0.688. The summed E-state index contributed by atoms with van der Waals surface area (Å²) in [6, 6.07) is 0.806. The summed E-state index contributed by atoms with van der Waals surface area (Å²) in [6.45, 7) is 1.07. The van der Waals surface area contributed by atoms with E-state index in [1.54, 1.807) is 4.88 Å². The Morgan fingerprint density at radius 3 is 2.60 bits per heavy atom. The van der Waals surface area contributed by atoms with E-state index in [1.165, 1.54) is 62.1 Å². The molecule has 1 N–H and O–H groups in total. The van der Waals surface area contributed by atoms with E-state index in [0.717, 1.165) is 29.5 Å². The van der Waals surface area contributed by atoms with Gasteiger partial charge in [-0.25, -0.2) is 4.98 Å². The average Bonchev–Trinajstić information content (AvgIpc) is 3.38. The number of hydrogen-bond acceptors (Lipinski definition) is 4. The summed E-state index contributed by atoms with van der Waals surface area (Å²) in [6.07, 6.45) is 11.2. The van der Waals surface area contributed by atoms with Crippen LogP contribution < -0.4 is 5.32 Å². The molecule has 4 rings (SSSR count). The van der Waals surface area contributed by atoms with Crippen LogP contribution in [-0.4, -0.2) is 16.3 Å². The minimum Gasteiger partial charge on any atom is -0.309 e. The third-order valence-corrected chi connectivity index (χ3v) is 7.25. The Morgan fingerprint density at radius 2 is 1.90 bits per heavy atom. The molecule has 0 saturated heterocycles. The molecule has 2 nitrogen and oxygen atoms in total. The Kier molecular flexibility index (Phi) is 4.06.